The first-order chi connectivity index (χ1) is 9.47. The zero-order valence-corrected chi connectivity index (χ0v) is 10.7. The van der Waals surface area contributed by atoms with Crippen molar-refractivity contribution >= 4 is 29.3 Å². The number of carboxylic acids is 1. The summed E-state index contributed by atoms with van der Waals surface area (Å²) in [6.45, 7) is 0. The van der Waals surface area contributed by atoms with E-state index in [1.807, 2.05) is 0 Å². The molecule has 2 amide bonds. The lowest BCUT2D eigenvalue weighted by atomic mass is 10.1. The van der Waals surface area contributed by atoms with E-state index in [1.54, 1.807) is 0 Å². The molecule has 1 aromatic heterocycles. The molecule has 2 rings (SSSR count). The lowest BCUT2D eigenvalue weighted by molar-refractivity contribution is -0.130. The number of nitrogens with zero attached hydrogens (tertiary/aromatic N) is 3. The molecule has 1 aromatic rings. The second-order valence-corrected chi connectivity index (χ2v) is 4.13. The van der Waals surface area contributed by atoms with Crippen molar-refractivity contribution in [2.45, 2.75) is 12.8 Å². The summed E-state index contributed by atoms with van der Waals surface area (Å²) in [5, 5.41) is 16.2. The summed E-state index contributed by atoms with van der Waals surface area (Å²) in [5.74, 6) is -1.72. The maximum absolute atomic E-state index is 11.9. The number of amides is 2. The van der Waals surface area contributed by atoms with E-state index >= 15 is 0 Å². The number of hydrazone groups is 1. The van der Waals surface area contributed by atoms with Crippen LogP contribution in [0.3, 0.4) is 0 Å². The topological polar surface area (TPSA) is 112 Å². The van der Waals surface area contributed by atoms with Crippen molar-refractivity contribution in [2.24, 2.45) is 5.10 Å². The van der Waals surface area contributed by atoms with Crippen LogP contribution in [0.2, 0.25) is 0 Å². The number of rotatable bonds is 3. The Hall–Kier alpha value is -2.77. The van der Waals surface area contributed by atoms with E-state index in [2.05, 4.69) is 15.4 Å². The Morgan fingerprint density at radius 1 is 1.35 bits per heavy atom. The molecule has 1 aliphatic heterocycles. The Bertz CT molecular complexity index is 611. The van der Waals surface area contributed by atoms with Crippen molar-refractivity contribution in [2.75, 3.05) is 12.4 Å². The van der Waals surface area contributed by atoms with Gasteiger partial charge in [0.25, 0.3) is 5.91 Å². The van der Waals surface area contributed by atoms with Crippen LogP contribution in [-0.4, -0.2) is 45.6 Å². The van der Waals surface area contributed by atoms with E-state index in [0.717, 1.165) is 5.01 Å². The number of pyridine rings is 1. The Morgan fingerprint density at radius 3 is 2.75 bits per heavy atom. The molecule has 20 heavy (non-hydrogen) atoms. The standard InChI is InChI=1S/C12H12N4O4/c1-16-10(17)6-5-7(15-16)11(18)14-9-4-2-3-8(13-9)12(19)20/h2-4H,5-6H2,1H3,(H,19,20)(H,13,14,18). The Kier molecular flexibility index (Phi) is 3.74. The van der Waals surface area contributed by atoms with Crippen LogP contribution in [0.5, 0.6) is 0 Å². The van der Waals surface area contributed by atoms with Gasteiger partial charge >= 0.3 is 5.97 Å². The molecule has 0 aromatic carbocycles. The van der Waals surface area contributed by atoms with Crippen LogP contribution in [0.4, 0.5) is 5.82 Å². The van der Waals surface area contributed by atoms with Crippen molar-refractivity contribution in [3.8, 4) is 0 Å². The van der Waals surface area contributed by atoms with E-state index < -0.39 is 11.9 Å². The van der Waals surface area contributed by atoms with Crippen LogP contribution < -0.4 is 5.32 Å². The molecule has 2 N–H and O–H groups in total. The summed E-state index contributed by atoms with van der Waals surface area (Å²) < 4.78 is 0. The highest BCUT2D eigenvalue weighted by molar-refractivity contribution is 6.43. The largest absolute Gasteiger partial charge is 0.477 e. The van der Waals surface area contributed by atoms with E-state index in [1.165, 1.54) is 25.2 Å². The zero-order chi connectivity index (χ0) is 14.7. The molecule has 0 saturated heterocycles. The van der Waals surface area contributed by atoms with Gasteiger partial charge in [-0.2, -0.15) is 5.10 Å². The fourth-order valence-electron chi connectivity index (χ4n) is 1.64. The van der Waals surface area contributed by atoms with Crippen LogP contribution >= 0.6 is 0 Å². The number of carbonyl (C=O) groups is 3. The molecule has 0 atom stereocenters. The highest BCUT2D eigenvalue weighted by Gasteiger charge is 2.22. The van der Waals surface area contributed by atoms with Crippen molar-refractivity contribution in [3.63, 3.8) is 0 Å². The zero-order valence-electron chi connectivity index (χ0n) is 10.7. The molecule has 104 valence electrons. The first kappa shape index (κ1) is 13.7. The molecule has 8 nitrogen and oxygen atoms in total. The summed E-state index contributed by atoms with van der Waals surface area (Å²) in [6.07, 6.45) is 0.457. The number of aromatic nitrogens is 1. The number of anilines is 1. The van der Waals surface area contributed by atoms with E-state index in [4.69, 9.17) is 5.11 Å². The monoisotopic (exact) mass is 276 g/mol. The normalized spacial score (nSPS) is 14.8. The van der Waals surface area contributed by atoms with E-state index in [0.29, 0.717) is 0 Å². The molecule has 0 fully saturated rings. The molecule has 0 spiro atoms. The SMILES string of the molecule is CN1N=C(C(=O)Nc2cccc(C(=O)O)n2)CCC1=O. The maximum Gasteiger partial charge on any atom is 0.354 e. The molecule has 0 aliphatic carbocycles. The van der Waals surface area contributed by atoms with Gasteiger partial charge in [-0.3, -0.25) is 9.59 Å². The van der Waals surface area contributed by atoms with Gasteiger partial charge in [-0.15, -0.1) is 0 Å². The molecule has 2 heterocycles. The summed E-state index contributed by atoms with van der Waals surface area (Å²) in [6, 6.07) is 4.27. The van der Waals surface area contributed by atoms with Gasteiger partial charge in [0.2, 0.25) is 5.91 Å². The predicted molar refractivity (Wildman–Crippen MR) is 69.3 cm³/mol. The van der Waals surface area contributed by atoms with Gasteiger partial charge in [-0.25, -0.2) is 14.8 Å². The molecule has 8 heteroatoms. The Labute approximate surface area is 114 Å². The van der Waals surface area contributed by atoms with Gasteiger partial charge in [0.1, 0.15) is 11.5 Å². The number of carbonyl (C=O) groups excluding carboxylic acids is 2. The molecule has 0 radical (unpaired) electrons. The smallest absolute Gasteiger partial charge is 0.354 e. The quantitative estimate of drug-likeness (QED) is 0.826. The van der Waals surface area contributed by atoms with E-state index in [9.17, 15) is 14.4 Å². The Morgan fingerprint density at radius 2 is 2.10 bits per heavy atom. The number of carboxylic acid groups (broad SMARTS) is 1. The fourth-order valence-corrected chi connectivity index (χ4v) is 1.64. The van der Waals surface area contributed by atoms with Crippen LogP contribution in [0.15, 0.2) is 23.3 Å². The third kappa shape index (κ3) is 2.97. The molecule has 1 aliphatic rings. The third-order valence-electron chi connectivity index (χ3n) is 2.68. The van der Waals surface area contributed by atoms with Crippen molar-refractivity contribution < 1.29 is 19.5 Å². The molecular formula is C12H12N4O4. The summed E-state index contributed by atoms with van der Waals surface area (Å²) >= 11 is 0. The second kappa shape index (κ2) is 5.47. The highest BCUT2D eigenvalue weighted by atomic mass is 16.4. The van der Waals surface area contributed by atoms with Gasteiger partial charge in [0, 0.05) is 19.9 Å². The lowest BCUT2D eigenvalue weighted by Crippen LogP contribution is -2.34. The number of hydrogen-bond donors (Lipinski definition) is 2. The van der Waals surface area contributed by atoms with Crippen LogP contribution in [0.25, 0.3) is 0 Å². The minimum atomic E-state index is -1.18. The van der Waals surface area contributed by atoms with Crippen molar-refractivity contribution in [3.05, 3.63) is 23.9 Å². The minimum absolute atomic E-state index is 0.122. The number of nitrogens with one attached hydrogen (secondary N) is 1. The summed E-state index contributed by atoms with van der Waals surface area (Å²) in [4.78, 5) is 37.7. The Balaban J connectivity index is 2.12. The van der Waals surface area contributed by atoms with Crippen LogP contribution in [0.1, 0.15) is 23.3 Å². The van der Waals surface area contributed by atoms with Crippen molar-refractivity contribution in [1.82, 2.24) is 9.99 Å². The average molecular weight is 276 g/mol. The predicted octanol–water partition coefficient (Wildman–Crippen LogP) is 0.326. The minimum Gasteiger partial charge on any atom is -0.477 e. The van der Waals surface area contributed by atoms with E-state index in [-0.39, 0.29) is 36.0 Å². The van der Waals surface area contributed by atoms with Gasteiger partial charge in [-0.05, 0) is 12.1 Å². The lowest BCUT2D eigenvalue weighted by Gasteiger charge is -2.18. The van der Waals surface area contributed by atoms with Crippen molar-refractivity contribution in [1.29, 1.82) is 0 Å². The first-order valence-electron chi connectivity index (χ1n) is 5.83. The van der Waals surface area contributed by atoms with Crippen LogP contribution in [0, 0.1) is 0 Å². The summed E-state index contributed by atoms with van der Waals surface area (Å²) in [5.41, 5.74) is 0.0373. The van der Waals surface area contributed by atoms with Gasteiger partial charge in [0.15, 0.2) is 5.69 Å². The summed E-state index contributed by atoms with van der Waals surface area (Å²) in [7, 11) is 1.47. The molecule has 0 unspecified atom stereocenters. The highest BCUT2D eigenvalue weighted by Crippen LogP contribution is 2.10. The molecular weight excluding hydrogens is 264 g/mol. The van der Waals surface area contributed by atoms with Gasteiger partial charge in [-0.1, -0.05) is 6.07 Å². The second-order valence-electron chi connectivity index (χ2n) is 4.13. The van der Waals surface area contributed by atoms with Crippen LogP contribution in [-0.2, 0) is 9.59 Å². The van der Waals surface area contributed by atoms with Gasteiger partial charge in [0.05, 0.1) is 0 Å². The number of hydrogen-bond acceptors (Lipinski definition) is 5. The molecule has 0 bridgehead atoms. The van der Waals surface area contributed by atoms with Gasteiger partial charge < -0.3 is 10.4 Å². The number of aromatic carboxylic acids is 1. The first-order valence-corrected chi connectivity index (χ1v) is 5.83. The maximum atomic E-state index is 11.9. The fraction of sp³-hybridized carbons (Fsp3) is 0.250. The average Bonchev–Trinajstić information content (AvgIpc) is 2.42. The molecule has 0 saturated carbocycles. The third-order valence-corrected chi connectivity index (χ3v) is 2.68.